The molecule has 4 aliphatic heterocycles. The standard InChI is InChI=1S/2C23H29FN8O2.C22H28FN9O2.C22H25FN8O2/c2*1-23(2,33)13-31-12-16(10-26-31)30-7-5-4-6-14(11-30)20-28-21-17-8-15(24)9-18(34-3)19(17)27-22(25)32(21)29-20;1-12-25-21(29-31(12)11-22(2,3)33)30-7-5-6-13(10-30)18-27-19-15-8-14(23)9-16(34-4)17(15)26-20(24)32(19)28-18;1-33-18-8-17-15(7-16(18)23)20-27-19(28-31(20)21(24)26-17)13-3-6-29(10-13)14-9-25-30(11-14)12-22(32)4-2-5-22/h2*8-10,12,14,33H,4-7,11,13H2,1-3H3,(H2,25,27);8-9,13,33H,5-7,10-11H2,1-4H3,(H2,24,26);7-9,11,13,32H,2-6,10,12H2,1H3,(H2,24,26)/t2*14-;2*13-/m1011/s1. The highest BCUT2D eigenvalue weighted by molar-refractivity contribution is 5.98. The summed E-state index contributed by atoms with van der Waals surface area (Å²) >= 11 is 0. The van der Waals surface area contributed by atoms with Gasteiger partial charge in [-0.2, -0.15) is 38.3 Å². The molecule has 0 unspecified atom stereocenters. The zero-order valence-electron chi connectivity index (χ0n) is 77.1. The molecule has 0 spiro atoms. The fourth-order valence-electron chi connectivity index (χ4n) is 18.5. The van der Waals surface area contributed by atoms with E-state index in [-0.39, 0.29) is 53.2 Å². The van der Waals surface area contributed by atoms with E-state index in [0.717, 1.165) is 133 Å². The lowest BCUT2D eigenvalue weighted by Crippen LogP contribution is -2.41. The minimum atomic E-state index is -0.889. The van der Waals surface area contributed by atoms with Crippen LogP contribution in [0.3, 0.4) is 0 Å². The van der Waals surface area contributed by atoms with Gasteiger partial charge in [-0.1, -0.05) is 12.8 Å². The predicted molar refractivity (Wildman–Crippen MR) is 497 cm³/mol. The third kappa shape index (κ3) is 19.3. The molecule has 45 heteroatoms. The summed E-state index contributed by atoms with van der Waals surface area (Å²) in [5.41, 5.74) is 28.2. The molecule has 41 nitrogen and oxygen atoms in total. The predicted octanol–water partition coefficient (Wildman–Crippen LogP) is 9.67. The van der Waals surface area contributed by atoms with Crippen molar-refractivity contribution >= 4 is 113 Å². The number of hydrogen-bond donors (Lipinski definition) is 8. The van der Waals surface area contributed by atoms with Crippen molar-refractivity contribution in [1.82, 2.24) is 122 Å². The first-order valence-corrected chi connectivity index (χ1v) is 45.1. The first kappa shape index (κ1) is 91.5. The van der Waals surface area contributed by atoms with Crippen LogP contribution in [-0.4, -0.2) is 246 Å². The lowest BCUT2D eigenvalue weighted by molar-refractivity contribution is -0.0498. The molecule has 5 fully saturated rings. The van der Waals surface area contributed by atoms with E-state index in [1.165, 1.54) is 95.0 Å². The summed E-state index contributed by atoms with van der Waals surface area (Å²) in [4.78, 5) is 50.1. The fraction of sp³-hybridized carbons (Fsp3) is 0.478. The number of ether oxygens (including phenoxy) is 4. The minimum absolute atomic E-state index is 0.0140. The quantitative estimate of drug-likeness (QED) is 0.0329. The number of rotatable bonds is 20. The molecule has 16 aromatic rings. The van der Waals surface area contributed by atoms with Crippen LogP contribution >= 0.6 is 0 Å². The number of nitrogen functional groups attached to an aromatic ring is 4. The average Bonchev–Trinajstić information content (AvgIpc) is 1.63. The first-order valence-electron chi connectivity index (χ1n) is 45.1. The average molecular weight is 1860 g/mol. The third-order valence-corrected chi connectivity index (χ3v) is 25.2. The smallest absolute Gasteiger partial charge is 0.244 e. The SMILES string of the molecule is COc1cc(F)cc2c1nc(N)n1nc([C@@H]3CCCCN(c4cnn(CC(C)(C)O)c4)C3)nc21.COc1cc(F)cc2c1nc(N)n1nc([C@@H]3CCCN(c4nc(C)n(CC(C)(C)O)n4)C3)nc21.COc1cc(F)cc2c1nc(N)n1nc([C@H]3CCCCN(c4cnn(CC(C)(C)O)c4)C3)nc21.COc1cc2nc(N)n3nc([C@@H]4CCN(c5cnn(CC6(O)CCC6)c5)C4)nc3c2cc1F. The van der Waals surface area contributed by atoms with Gasteiger partial charge in [0, 0.05) is 124 Å². The van der Waals surface area contributed by atoms with Gasteiger partial charge in [0.15, 0.2) is 57.5 Å². The zero-order chi connectivity index (χ0) is 95.0. The molecular formula is C90H111F4N33O8. The second-order valence-corrected chi connectivity index (χ2v) is 37.5. The minimum Gasteiger partial charge on any atom is -0.494 e. The molecule has 135 heavy (non-hydrogen) atoms. The number of nitrogens with two attached hydrogens (primary N) is 4. The second kappa shape index (κ2) is 36.5. The Hall–Kier alpha value is -14.0. The van der Waals surface area contributed by atoms with Crippen LogP contribution in [0.5, 0.6) is 23.0 Å². The molecule has 12 N–H and O–H groups in total. The van der Waals surface area contributed by atoms with E-state index in [1.54, 1.807) is 55.6 Å². The molecule has 1 aliphatic carbocycles. The van der Waals surface area contributed by atoms with Crippen LogP contribution in [0.2, 0.25) is 0 Å². The highest BCUT2D eigenvalue weighted by Crippen LogP contribution is 2.41. The van der Waals surface area contributed by atoms with Crippen LogP contribution in [0.15, 0.2) is 85.7 Å². The maximum absolute atomic E-state index is 14.4. The van der Waals surface area contributed by atoms with Crippen LogP contribution in [0.1, 0.15) is 171 Å². The number of benzene rings is 4. The molecule has 712 valence electrons. The molecule has 4 saturated heterocycles. The molecule has 5 aliphatic rings. The normalized spacial score (nSPS) is 18.0. The van der Waals surface area contributed by atoms with E-state index >= 15 is 0 Å². The van der Waals surface area contributed by atoms with Crippen LogP contribution in [-0.2, 0) is 26.2 Å². The molecule has 12 aromatic heterocycles. The number of aryl methyl sites for hydroxylation is 1. The number of aromatic nitrogens is 25. The van der Waals surface area contributed by atoms with Gasteiger partial charge in [-0.3, -0.25) is 14.0 Å². The molecule has 0 amide bonds. The highest BCUT2D eigenvalue weighted by Gasteiger charge is 2.38. The Balaban J connectivity index is 0.000000120. The summed E-state index contributed by atoms with van der Waals surface area (Å²) in [7, 11) is 5.80. The van der Waals surface area contributed by atoms with Gasteiger partial charge in [0.05, 0.1) is 134 Å². The number of methoxy groups -OCH3 is 4. The zero-order valence-corrected chi connectivity index (χ0v) is 77.1. The molecule has 21 rings (SSSR count). The van der Waals surface area contributed by atoms with Gasteiger partial charge in [0.25, 0.3) is 0 Å². The van der Waals surface area contributed by atoms with Crippen molar-refractivity contribution in [2.75, 3.05) is 123 Å². The number of halogens is 4. The van der Waals surface area contributed by atoms with Crippen LogP contribution in [0, 0.1) is 30.2 Å². The van der Waals surface area contributed by atoms with Crippen molar-refractivity contribution in [3.8, 4) is 23.0 Å². The Morgan fingerprint density at radius 1 is 0.400 bits per heavy atom. The van der Waals surface area contributed by atoms with E-state index in [4.69, 9.17) is 61.8 Å². The van der Waals surface area contributed by atoms with Crippen LogP contribution in [0.25, 0.3) is 66.2 Å². The number of nitrogens with zero attached hydrogens (tertiary/aromatic N) is 29. The topological polar surface area (TPSA) is 491 Å². The summed E-state index contributed by atoms with van der Waals surface area (Å²) in [6.45, 7) is 20.4. The fourth-order valence-corrected chi connectivity index (χ4v) is 18.5. The van der Waals surface area contributed by atoms with E-state index < -0.39 is 45.7 Å². The number of fused-ring (bicyclic) bond motifs is 12. The van der Waals surface area contributed by atoms with Gasteiger partial charge < -0.3 is 81.9 Å². The summed E-state index contributed by atoms with van der Waals surface area (Å²) < 4.78 is 91.0. The van der Waals surface area contributed by atoms with Crippen LogP contribution < -0.4 is 61.5 Å². The molecule has 1 saturated carbocycles. The van der Waals surface area contributed by atoms with Crippen LogP contribution in [0.4, 0.5) is 64.4 Å². The molecule has 4 atom stereocenters. The summed E-state index contributed by atoms with van der Waals surface area (Å²) in [6.07, 6.45) is 22.8. The van der Waals surface area contributed by atoms with Crippen molar-refractivity contribution in [2.45, 2.75) is 198 Å². The van der Waals surface area contributed by atoms with E-state index in [0.29, 0.717) is 159 Å². The van der Waals surface area contributed by atoms with Crippen molar-refractivity contribution in [3.63, 3.8) is 0 Å². The number of piperidine rings is 1. The van der Waals surface area contributed by atoms with Gasteiger partial charge in [0.1, 0.15) is 57.1 Å². The van der Waals surface area contributed by atoms with Gasteiger partial charge in [-0.25, -0.2) is 62.1 Å². The summed E-state index contributed by atoms with van der Waals surface area (Å²) in [5.74, 6) is 4.05. The third-order valence-electron chi connectivity index (χ3n) is 25.2. The second-order valence-electron chi connectivity index (χ2n) is 37.5. The maximum atomic E-state index is 14.4. The summed E-state index contributed by atoms with van der Waals surface area (Å²) in [6, 6.07) is 10.8. The molecule has 16 heterocycles. The Bertz CT molecular complexity index is 6880. The summed E-state index contributed by atoms with van der Waals surface area (Å²) in [5, 5.41) is 79.2. The monoisotopic (exact) mass is 1860 g/mol. The van der Waals surface area contributed by atoms with E-state index in [2.05, 4.69) is 85.3 Å². The lowest BCUT2D eigenvalue weighted by atomic mass is 9.80. The Morgan fingerprint density at radius 3 is 1.18 bits per heavy atom. The van der Waals surface area contributed by atoms with Gasteiger partial charge in [0.2, 0.25) is 29.7 Å². The highest BCUT2D eigenvalue weighted by atomic mass is 19.1. The molecule has 0 bridgehead atoms. The molecular weight excluding hydrogens is 1750 g/mol. The number of aliphatic hydroxyl groups is 4. The van der Waals surface area contributed by atoms with Crippen molar-refractivity contribution in [1.29, 1.82) is 0 Å². The van der Waals surface area contributed by atoms with E-state index in [1.807, 2.05) is 48.8 Å². The van der Waals surface area contributed by atoms with Gasteiger partial charge in [-0.05, 0) is 137 Å². The molecule has 4 aromatic carbocycles. The maximum Gasteiger partial charge on any atom is 0.244 e. The van der Waals surface area contributed by atoms with E-state index in [9.17, 15) is 38.0 Å². The van der Waals surface area contributed by atoms with Gasteiger partial charge >= 0.3 is 0 Å². The lowest BCUT2D eigenvalue weighted by Gasteiger charge is -2.36. The molecule has 0 radical (unpaired) electrons. The number of anilines is 8. The Morgan fingerprint density at radius 2 is 0.770 bits per heavy atom. The largest absolute Gasteiger partial charge is 0.494 e. The first-order chi connectivity index (χ1) is 64.5. The Kier molecular flexibility index (Phi) is 24.7. The number of hydrogen-bond acceptors (Lipinski definition) is 33. The van der Waals surface area contributed by atoms with Crippen molar-refractivity contribution < 1.29 is 56.9 Å². The van der Waals surface area contributed by atoms with Gasteiger partial charge in [-0.15, -0.1) is 25.5 Å². The van der Waals surface area contributed by atoms with Crippen molar-refractivity contribution in [2.24, 2.45) is 0 Å². The van der Waals surface area contributed by atoms with Crippen molar-refractivity contribution in [3.05, 3.63) is 138 Å². The Labute approximate surface area is 771 Å².